The third-order valence-corrected chi connectivity index (χ3v) is 2.75. The second kappa shape index (κ2) is 8.82. The van der Waals surface area contributed by atoms with Gasteiger partial charge in [0, 0.05) is 0 Å². The van der Waals surface area contributed by atoms with Crippen LogP contribution in [-0.2, 0) is 19.1 Å². The molecule has 22 heavy (non-hydrogen) atoms. The van der Waals surface area contributed by atoms with E-state index in [1.54, 1.807) is 43.4 Å². The fourth-order valence-electron chi connectivity index (χ4n) is 1.14. The largest absolute Gasteiger partial charge is 0.444 e. The molecule has 0 saturated heterocycles. The summed E-state index contributed by atoms with van der Waals surface area (Å²) < 4.78 is 16.8. The number of esters is 1. The molecule has 2 N–H and O–H groups in total. The molecule has 0 rings (SSSR count). The van der Waals surface area contributed by atoms with E-state index in [2.05, 4.69) is 11.2 Å². The van der Waals surface area contributed by atoms with Gasteiger partial charge in [0.15, 0.2) is 1.41 Å². The van der Waals surface area contributed by atoms with Gasteiger partial charge in [0.1, 0.15) is 17.7 Å². The predicted molar refractivity (Wildman–Crippen MR) is 89.2 cm³/mol. The number of rotatable bonds is 5. The quantitative estimate of drug-likeness (QED) is 0.300. The third kappa shape index (κ3) is 8.71. The number of carbonyl (C=O) groups is 3. The van der Waals surface area contributed by atoms with Crippen molar-refractivity contribution < 1.29 is 25.3 Å². The molecule has 0 aliphatic carbocycles. The first-order valence-electron chi connectivity index (χ1n) is 6.96. The number of ether oxygens (including phenoxy) is 2. The van der Waals surface area contributed by atoms with Gasteiger partial charge in [0.2, 0.25) is 10.0 Å². The van der Waals surface area contributed by atoms with Gasteiger partial charge in [-0.2, -0.15) is 0 Å². The number of terminal acetylenes is 1. The Morgan fingerprint density at radius 2 is 1.82 bits per heavy atom. The lowest BCUT2D eigenvalue weighted by molar-refractivity contribution is -0.146. The summed E-state index contributed by atoms with van der Waals surface area (Å²) in [7, 11) is 0. The van der Waals surface area contributed by atoms with Crippen LogP contribution in [0.1, 0.15) is 34.6 Å². The molecule has 0 fully saturated rings. The summed E-state index contributed by atoms with van der Waals surface area (Å²) in [6, 6.07) is -2.12. The standard InChI is InChI=1S/C14H21IN2O5/c1-7-10(15)21-12(19)9(3)16-11(18)8(2)17-13(20)22-14(4,5)6/h1,8-10H,2-6H3,(H,16,18)(H,17,20)/t8-,9+,10?/m1/s1/i/hD. The van der Waals surface area contributed by atoms with E-state index < -0.39 is 39.8 Å². The zero-order valence-corrected chi connectivity index (χ0v) is 15.3. The van der Waals surface area contributed by atoms with Gasteiger partial charge < -0.3 is 20.1 Å². The lowest BCUT2D eigenvalue weighted by atomic mass is 10.2. The van der Waals surface area contributed by atoms with E-state index in [4.69, 9.17) is 17.3 Å². The molecule has 0 aromatic heterocycles. The smallest absolute Gasteiger partial charge is 0.408 e. The van der Waals surface area contributed by atoms with Crippen molar-refractivity contribution in [1.29, 1.82) is 0 Å². The van der Waals surface area contributed by atoms with Crippen LogP contribution in [-0.4, -0.2) is 39.8 Å². The van der Waals surface area contributed by atoms with Gasteiger partial charge in [-0.3, -0.25) is 4.79 Å². The topological polar surface area (TPSA) is 93.7 Å². The summed E-state index contributed by atoms with van der Waals surface area (Å²) in [4.78, 5) is 35.4. The highest BCUT2D eigenvalue weighted by Crippen LogP contribution is 2.07. The number of nitrogens with one attached hydrogen (secondary N) is 2. The van der Waals surface area contributed by atoms with Crippen molar-refractivity contribution in [3.63, 3.8) is 0 Å². The van der Waals surface area contributed by atoms with Crippen LogP contribution in [0.5, 0.6) is 0 Å². The average Bonchev–Trinajstić information content (AvgIpc) is 2.43. The van der Waals surface area contributed by atoms with E-state index in [9.17, 15) is 14.4 Å². The van der Waals surface area contributed by atoms with Crippen LogP contribution in [0.25, 0.3) is 0 Å². The molecular formula is C14H21IN2O5. The molecule has 7 nitrogen and oxygen atoms in total. The monoisotopic (exact) mass is 425 g/mol. The molecule has 0 radical (unpaired) electrons. The average molecular weight is 425 g/mol. The predicted octanol–water partition coefficient (Wildman–Crippen LogP) is 1.34. The molecule has 2 amide bonds. The maximum atomic E-state index is 12.0. The summed E-state index contributed by atoms with van der Waals surface area (Å²) in [5, 5.41) is 2.76. The molecule has 0 spiro atoms. The minimum absolute atomic E-state index is 0.404. The highest BCUT2D eigenvalue weighted by molar-refractivity contribution is 14.1. The number of hydrogen-bond donors (Lipinski definition) is 2. The minimum atomic E-state index is -1.15. The van der Waals surface area contributed by atoms with Crippen LogP contribution in [0.2, 0.25) is 1.41 Å². The molecule has 0 aromatic rings. The molecule has 0 bridgehead atoms. The molecule has 3 atom stereocenters. The van der Waals surface area contributed by atoms with E-state index in [1.165, 1.54) is 13.8 Å². The van der Waals surface area contributed by atoms with Crippen molar-refractivity contribution in [1.82, 2.24) is 10.6 Å². The SMILES string of the molecule is [2H]N(C(=O)OC(C)(C)C)[C@H](C)C(=O)N[C@@H](C)C(=O)OC(I)C#C. The molecule has 0 aromatic carbocycles. The molecule has 0 saturated carbocycles. The maximum absolute atomic E-state index is 12.0. The van der Waals surface area contributed by atoms with Gasteiger partial charge in [0.05, 0.1) is 0 Å². The van der Waals surface area contributed by atoms with Gasteiger partial charge in [-0.25, -0.2) is 9.59 Å². The van der Waals surface area contributed by atoms with Gasteiger partial charge in [0.25, 0.3) is 0 Å². The third-order valence-electron chi connectivity index (χ3n) is 2.13. The van der Waals surface area contributed by atoms with Crippen LogP contribution in [0, 0.1) is 12.3 Å². The Hall–Kier alpha value is -1.50. The van der Waals surface area contributed by atoms with Crippen molar-refractivity contribution in [2.75, 3.05) is 0 Å². The lowest BCUT2D eigenvalue weighted by Crippen LogP contribution is -2.50. The molecule has 1 unspecified atom stereocenters. The minimum Gasteiger partial charge on any atom is -0.444 e. The van der Waals surface area contributed by atoms with Crippen LogP contribution < -0.4 is 10.6 Å². The van der Waals surface area contributed by atoms with E-state index >= 15 is 0 Å². The Kier molecular flexibility index (Phi) is 7.44. The Bertz CT molecular complexity index is 500. The van der Waals surface area contributed by atoms with Gasteiger partial charge >= 0.3 is 12.1 Å². The number of halogens is 1. The first-order chi connectivity index (χ1) is 10.4. The fraction of sp³-hybridized carbons (Fsp3) is 0.643. The van der Waals surface area contributed by atoms with Gasteiger partial charge in [-0.15, -0.1) is 6.42 Å². The lowest BCUT2D eigenvalue weighted by Gasteiger charge is -2.22. The zero-order chi connectivity index (χ0) is 18.4. The number of amides is 2. The van der Waals surface area contributed by atoms with Crippen molar-refractivity contribution in [3.8, 4) is 12.3 Å². The molecule has 8 heteroatoms. The highest BCUT2D eigenvalue weighted by atomic mass is 127. The van der Waals surface area contributed by atoms with Crippen LogP contribution in [0.3, 0.4) is 0 Å². The van der Waals surface area contributed by atoms with E-state index in [-0.39, 0.29) is 0 Å². The maximum Gasteiger partial charge on any atom is 0.408 e. The first-order valence-corrected chi connectivity index (χ1v) is 7.75. The Morgan fingerprint density at radius 1 is 1.27 bits per heavy atom. The van der Waals surface area contributed by atoms with Crippen LogP contribution in [0.15, 0.2) is 0 Å². The number of carbonyl (C=O) groups excluding carboxylic acids is 3. The number of alkyl halides is 1. The van der Waals surface area contributed by atoms with E-state index in [0.29, 0.717) is 5.31 Å². The summed E-state index contributed by atoms with van der Waals surface area (Å²) >= 11 is 1.74. The van der Waals surface area contributed by atoms with Crippen molar-refractivity contribution >= 4 is 40.6 Å². The molecular weight excluding hydrogens is 403 g/mol. The summed E-state index contributed by atoms with van der Waals surface area (Å²) in [5.41, 5.74) is -0.784. The summed E-state index contributed by atoms with van der Waals surface area (Å²) in [6.07, 6.45) is 4.13. The summed E-state index contributed by atoms with van der Waals surface area (Å²) in [5.74, 6) is 0.808. The Balaban J connectivity index is 4.63. The van der Waals surface area contributed by atoms with Crippen molar-refractivity contribution in [2.24, 2.45) is 0 Å². The van der Waals surface area contributed by atoms with Gasteiger partial charge in [-0.05, 0) is 57.2 Å². The molecule has 124 valence electrons. The molecule has 0 aliphatic rings. The number of alkyl carbamates (subject to hydrolysis) is 1. The zero-order valence-electron chi connectivity index (χ0n) is 14.2. The Labute approximate surface area is 145 Å². The fourth-order valence-corrected chi connectivity index (χ4v) is 1.39. The van der Waals surface area contributed by atoms with Crippen LogP contribution >= 0.6 is 22.6 Å². The first kappa shape index (κ1) is 18.5. The van der Waals surface area contributed by atoms with E-state index in [1.807, 2.05) is 0 Å². The molecule has 0 aliphatic heterocycles. The van der Waals surface area contributed by atoms with Crippen molar-refractivity contribution in [2.45, 2.75) is 56.4 Å². The number of hydrogen-bond acceptors (Lipinski definition) is 5. The second-order valence-electron chi connectivity index (χ2n) is 5.44. The Morgan fingerprint density at radius 3 is 2.27 bits per heavy atom. The second-order valence-corrected chi connectivity index (χ2v) is 6.57. The highest BCUT2D eigenvalue weighted by Gasteiger charge is 2.24. The summed E-state index contributed by atoms with van der Waals surface area (Å²) in [6.45, 7) is 7.69. The van der Waals surface area contributed by atoms with Gasteiger partial charge in [-0.1, -0.05) is 5.92 Å². The van der Waals surface area contributed by atoms with E-state index in [0.717, 1.165) is 0 Å². The van der Waals surface area contributed by atoms with Crippen LogP contribution in [0.4, 0.5) is 4.79 Å². The molecule has 0 heterocycles. The van der Waals surface area contributed by atoms with Crippen molar-refractivity contribution in [3.05, 3.63) is 0 Å². The normalized spacial score (nSPS) is 15.4.